The summed E-state index contributed by atoms with van der Waals surface area (Å²) in [5.41, 5.74) is 5.59. The lowest BCUT2D eigenvalue weighted by atomic mass is 9.85. The molecule has 0 heterocycles. The van der Waals surface area contributed by atoms with Gasteiger partial charge in [0.1, 0.15) is 11.5 Å². The predicted octanol–water partition coefficient (Wildman–Crippen LogP) is 8.05. The summed E-state index contributed by atoms with van der Waals surface area (Å²) in [6, 6.07) is 32.6. The molecule has 0 spiro atoms. The summed E-state index contributed by atoms with van der Waals surface area (Å²) in [7, 11) is 0. The molecular weight excluding hydrogens is 492 g/mol. The molecule has 4 aromatic carbocycles. The highest BCUT2D eigenvalue weighted by Crippen LogP contribution is 2.36. The molecule has 4 rings (SSSR count). The van der Waals surface area contributed by atoms with E-state index in [1.165, 1.54) is 0 Å². The Labute approximate surface area is 240 Å². The molecule has 0 saturated carbocycles. The van der Waals surface area contributed by atoms with Crippen LogP contribution in [0.15, 0.2) is 97.1 Å². The van der Waals surface area contributed by atoms with Gasteiger partial charge in [-0.2, -0.15) is 0 Å². The van der Waals surface area contributed by atoms with Crippen LogP contribution in [0.5, 0.6) is 11.5 Å². The molecule has 0 bridgehead atoms. The second-order valence-corrected chi connectivity index (χ2v) is 12.7. The normalized spacial score (nSPS) is 13.7. The second-order valence-electron chi connectivity index (χ2n) is 12.7. The van der Waals surface area contributed by atoms with Gasteiger partial charge in [-0.25, -0.2) is 0 Å². The van der Waals surface area contributed by atoms with Crippen molar-refractivity contribution in [2.24, 2.45) is 0 Å². The summed E-state index contributed by atoms with van der Waals surface area (Å²) in [5, 5.41) is 29.9. The van der Waals surface area contributed by atoms with Crippen molar-refractivity contribution >= 4 is 0 Å². The van der Waals surface area contributed by atoms with Gasteiger partial charge in [0.25, 0.3) is 0 Å². The Bertz CT molecular complexity index is 1280. The van der Waals surface area contributed by atoms with Crippen LogP contribution < -0.4 is 10.6 Å². The molecular formula is C36H44N2O2. The SMILES string of the molecule is CC(C)(C)c1cccc(CN[C@@H](c2ccccc2)[C@@H](NCc2cccc(C(C)(C)C)c2O)c2ccccc2)c1O. The van der Waals surface area contributed by atoms with E-state index in [4.69, 9.17) is 0 Å². The van der Waals surface area contributed by atoms with Crippen molar-refractivity contribution in [1.82, 2.24) is 10.6 Å². The van der Waals surface area contributed by atoms with E-state index in [0.29, 0.717) is 24.6 Å². The number of hydrogen-bond donors (Lipinski definition) is 4. The minimum atomic E-state index is -0.156. The Morgan fingerprint density at radius 3 is 1.18 bits per heavy atom. The Morgan fingerprint density at radius 2 is 0.850 bits per heavy atom. The first-order chi connectivity index (χ1) is 19.0. The minimum absolute atomic E-state index is 0.103. The molecule has 4 aromatic rings. The van der Waals surface area contributed by atoms with Gasteiger partial charge in [0.2, 0.25) is 0 Å². The number of phenols is 2. The summed E-state index contributed by atoms with van der Waals surface area (Å²) in [4.78, 5) is 0. The van der Waals surface area contributed by atoms with Crippen molar-refractivity contribution in [3.8, 4) is 11.5 Å². The summed E-state index contributed by atoms with van der Waals surface area (Å²) >= 11 is 0. The first kappa shape index (κ1) is 29.4. The molecule has 0 saturated heterocycles. The van der Waals surface area contributed by atoms with Crippen molar-refractivity contribution in [1.29, 1.82) is 0 Å². The van der Waals surface area contributed by atoms with Gasteiger partial charge in [-0.1, -0.05) is 139 Å². The molecule has 2 atom stereocenters. The van der Waals surface area contributed by atoms with Crippen molar-refractivity contribution in [2.75, 3.05) is 0 Å². The second kappa shape index (κ2) is 12.3. The summed E-state index contributed by atoms with van der Waals surface area (Å²) in [5.74, 6) is 0.699. The third-order valence-corrected chi connectivity index (χ3v) is 7.53. The van der Waals surface area contributed by atoms with Crippen molar-refractivity contribution in [3.05, 3.63) is 130 Å². The highest BCUT2D eigenvalue weighted by atomic mass is 16.3. The monoisotopic (exact) mass is 536 g/mol. The zero-order chi connectivity index (χ0) is 28.9. The molecule has 0 aliphatic rings. The van der Waals surface area contributed by atoms with Crippen LogP contribution in [-0.4, -0.2) is 10.2 Å². The van der Waals surface area contributed by atoms with Gasteiger partial charge >= 0.3 is 0 Å². The van der Waals surface area contributed by atoms with Crippen LogP contribution in [0.25, 0.3) is 0 Å². The highest BCUT2D eigenvalue weighted by molar-refractivity contribution is 5.45. The summed E-state index contributed by atoms with van der Waals surface area (Å²) < 4.78 is 0. The number of nitrogens with one attached hydrogen (secondary N) is 2. The third kappa shape index (κ3) is 6.93. The van der Waals surface area contributed by atoms with E-state index in [0.717, 1.165) is 33.4 Å². The van der Waals surface area contributed by atoms with Gasteiger partial charge in [-0.15, -0.1) is 0 Å². The van der Waals surface area contributed by atoms with Crippen LogP contribution in [-0.2, 0) is 23.9 Å². The quantitative estimate of drug-likeness (QED) is 0.175. The lowest BCUT2D eigenvalue weighted by Gasteiger charge is -2.31. The smallest absolute Gasteiger partial charge is 0.123 e. The van der Waals surface area contributed by atoms with Crippen LogP contribution in [0.4, 0.5) is 0 Å². The van der Waals surface area contributed by atoms with Gasteiger partial charge in [0.15, 0.2) is 0 Å². The molecule has 0 radical (unpaired) electrons. The summed E-state index contributed by atoms with van der Waals surface area (Å²) in [6.45, 7) is 13.7. The highest BCUT2D eigenvalue weighted by Gasteiger charge is 2.27. The molecule has 210 valence electrons. The molecule has 4 heteroatoms. The Morgan fingerprint density at radius 1 is 0.500 bits per heavy atom. The van der Waals surface area contributed by atoms with E-state index in [1.54, 1.807) is 0 Å². The molecule has 4 N–H and O–H groups in total. The van der Waals surface area contributed by atoms with Crippen molar-refractivity contribution < 1.29 is 10.2 Å². The van der Waals surface area contributed by atoms with Crippen LogP contribution in [0.2, 0.25) is 0 Å². The van der Waals surface area contributed by atoms with Crippen LogP contribution in [0, 0.1) is 0 Å². The molecule has 0 unspecified atom stereocenters. The maximum absolute atomic E-state index is 11.2. The fourth-order valence-electron chi connectivity index (χ4n) is 5.30. The van der Waals surface area contributed by atoms with Crippen LogP contribution in [0.3, 0.4) is 0 Å². The Kier molecular flexibility index (Phi) is 9.02. The van der Waals surface area contributed by atoms with Gasteiger partial charge in [-0.05, 0) is 33.1 Å². The fourth-order valence-corrected chi connectivity index (χ4v) is 5.30. The topological polar surface area (TPSA) is 64.5 Å². The lowest BCUT2D eigenvalue weighted by molar-refractivity contribution is 0.370. The molecule has 4 nitrogen and oxygen atoms in total. The van der Waals surface area contributed by atoms with E-state index in [9.17, 15) is 10.2 Å². The maximum Gasteiger partial charge on any atom is 0.123 e. The van der Waals surface area contributed by atoms with Gasteiger partial charge in [0.05, 0.1) is 12.1 Å². The van der Waals surface area contributed by atoms with Crippen molar-refractivity contribution in [2.45, 2.75) is 77.5 Å². The standard InChI is InChI=1S/C36H44N2O2/c1-35(2,3)29-21-13-19-27(33(29)39)23-37-31(25-15-9-7-10-16-25)32(26-17-11-8-12-18-26)38-24-28-20-14-22-30(34(28)40)36(4,5)6/h7-22,31-32,37-40H,23-24H2,1-6H3/t31-,32-/m0/s1. The van der Waals surface area contributed by atoms with E-state index in [-0.39, 0.29) is 22.9 Å². The largest absolute Gasteiger partial charge is 0.507 e. The lowest BCUT2D eigenvalue weighted by Crippen LogP contribution is -2.35. The molecule has 0 aliphatic carbocycles. The number of hydrogen-bond acceptors (Lipinski definition) is 4. The summed E-state index contributed by atoms with van der Waals surface area (Å²) in [6.07, 6.45) is 0. The first-order valence-corrected chi connectivity index (χ1v) is 14.2. The van der Waals surface area contributed by atoms with E-state index in [1.807, 2.05) is 48.5 Å². The fraction of sp³-hybridized carbons (Fsp3) is 0.333. The van der Waals surface area contributed by atoms with Gasteiger partial charge in [0, 0.05) is 24.2 Å². The van der Waals surface area contributed by atoms with Crippen LogP contribution >= 0.6 is 0 Å². The molecule has 40 heavy (non-hydrogen) atoms. The third-order valence-electron chi connectivity index (χ3n) is 7.53. The zero-order valence-corrected chi connectivity index (χ0v) is 24.7. The van der Waals surface area contributed by atoms with Gasteiger partial charge in [-0.3, -0.25) is 0 Å². The van der Waals surface area contributed by atoms with Crippen LogP contribution in [0.1, 0.15) is 87.0 Å². The molecule has 0 fully saturated rings. The first-order valence-electron chi connectivity index (χ1n) is 14.2. The van der Waals surface area contributed by atoms with Gasteiger partial charge < -0.3 is 20.8 Å². The minimum Gasteiger partial charge on any atom is -0.507 e. The van der Waals surface area contributed by atoms with E-state index in [2.05, 4.69) is 101 Å². The number of rotatable bonds is 9. The zero-order valence-electron chi connectivity index (χ0n) is 24.7. The van der Waals surface area contributed by atoms with Crippen molar-refractivity contribution in [3.63, 3.8) is 0 Å². The number of benzene rings is 4. The van der Waals surface area contributed by atoms with E-state index >= 15 is 0 Å². The Balaban J connectivity index is 1.69. The Hall–Kier alpha value is -3.60. The van der Waals surface area contributed by atoms with E-state index < -0.39 is 0 Å². The molecule has 0 aliphatic heterocycles. The molecule has 0 amide bonds. The number of para-hydroxylation sites is 2. The number of phenolic OH excluding ortho intramolecular Hbond substituents is 2. The average molecular weight is 537 g/mol. The maximum atomic E-state index is 11.2. The average Bonchev–Trinajstić information content (AvgIpc) is 2.91. The number of aromatic hydroxyl groups is 2. The molecule has 0 aromatic heterocycles. The predicted molar refractivity (Wildman–Crippen MR) is 166 cm³/mol.